The summed E-state index contributed by atoms with van der Waals surface area (Å²) in [4.78, 5) is 27.9. The van der Waals surface area contributed by atoms with Crippen LogP contribution in [0.3, 0.4) is 0 Å². The molecule has 1 saturated heterocycles. The van der Waals surface area contributed by atoms with Crippen LogP contribution >= 0.6 is 0 Å². The first-order chi connectivity index (χ1) is 15.1. The van der Waals surface area contributed by atoms with Crippen LogP contribution in [0.4, 0.5) is 16.2 Å². The van der Waals surface area contributed by atoms with E-state index in [1.807, 2.05) is 48.7 Å². The van der Waals surface area contributed by atoms with Gasteiger partial charge in [0.05, 0.1) is 5.52 Å². The van der Waals surface area contributed by atoms with Gasteiger partial charge in [0, 0.05) is 55.2 Å². The van der Waals surface area contributed by atoms with Crippen LogP contribution in [0.5, 0.6) is 0 Å². The second kappa shape index (κ2) is 9.57. The number of carbonyl (C=O) groups is 2. The van der Waals surface area contributed by atoms with Crippen LogP contribution in [0.15, 0.2) is 54.7 Å². The monoisotopic (exact) mass is 418 g/mol. The summed E-state index contributed by atoms with van der Waals surface area (Å²) in [5.74, 6) is 0.380. The van der Waals surface area contributed by atoms with Crippen LogP contribution in [0.25, 0.3) is 22.0 Å². The number of benzene rings is 2. The second-order valence-corrected chi connectivity index (χ2v) is 7.78. The molecule has 2 heterocycles. The predicted octanol–water partition coefficient (Wildman–Crippen LogP) is 4.41. The predicted molar refractivity (Wildman–Crippen MR) is 122 cm³/mol. The van der Waals surface area contributed by atoms with Gasteiger partial charge in [-0.2, -0.15) is 0 Å². The lowest BCUT2D eigenvalue weighted by molar-refractivity contribution is -0.114. The number of amides is 3. The van der Waals surface area contributed by atoms with Crippen LogP contribution in [0, 0.1) is 5.92 Å². The van der Waals surface area contributed by atoms with Gasteiger partial charge in [-0.15, -0.1) is 0 Å². The Morgan fingerprint density at radius 3 is 2.45 bits per heavy atom. The first kappa shape index (κ1) is 20.8. The van der Waals surface area contributed by atoms with Crippen molar-refractivity contribution in [3.63, 3.8) is 0 Å². The third-order valence-electron chi connectivity index (χ3n) is 5.37. The van der Waals surface area contributed by atoms with Gasteiger partial charge in [-0.3, -0.25) is 9.78 Å². The molecule has 3 aromatic rings. The van der Waals surface area contributed by atoms with E-state index in [4.69, 9.17) is 4.74 Å². The molecule has 31 heavy (non-hydrogen) atoms. The summed E-state index contributed by atoms with van der Waals surface area (Å²) in [7, 11) is 0. The summed E-state index contributed by atoms with van der Waals surface area (Å²) in [5, 5.41) is 9.58. The molecule has 3 amide bonds. The molecule has 0 aliphatic carbocycles. The molecule has 0 unspecified atom stereocenters. The summed E-state index contributed by atoms with van der Waals surface area (Å²) in [6.45, 7) is 3.68. The van der Waals surface area contributed by atoms with Gasteiger partial charge in [0.1, 0.15) is 0 Å². The van der Waals surface area contributed by atoms with Crippen LogP contribution in [0.2, 0.25) is 0 Å². The maximum absolute atomic E-state index is 12.2. The van der Waals surface area contributed by atoms with E-state index in [2.05, 4.69) is 27.0 Å². The molecule has 0 atom stereocenters. The number of pyridine rings is 1. The number of fused-ring (bicyclic) bond motifs is 1. The molecule has 0 bridgehead atoms. The first-order valence-electron chi connectivity index (χ1n) is 10.5. The van der Waals surface area contributed by atoms with Crippen molar-refractivity contribution in [3.05, 3.63) is 54.7 Å². The quantitative estimate of drug-likeness (QED) is 0.572. The smallest absolute Gasteiger partial charge is 0.319 e. The number of ether oxygens (including phenoxy) is 1. The number of carbonyl (C=O) groups excluding carboxylic acids is 2. The maximum Gasteiger partial charge on any atom is 0.319 e. The summed E-state index contributed by atoms with van der Waals surface area (Å²) in [6.07, 6.45) is 3.78. The van der Waals surface area contributed by atoms with Crippen molar-refractivity contribution in [3.8, 4) is 11.1 Å². The first-order valence-corrected chi connectivity index (χ1v) is 10.5. The van der Waals surface area contributed by atoms with Crippen LogP contribution in [-0.2, 0) is 9.53 Å². The van der Waals surface area contributed by atoms with E-state index >= 15 is 0 Å². The summed E-state index contributed by atoms with van der Waals surface area (Å²) < 4.78 is 5.35. The zero-order valence-electron chi connectivity index (χ0n) is 17.5. The Bertz CT molecular complexity index is 1080. The molecule has 1 aliphatic heterocycles. The van der Waals surface area contributed by atoms with Crippen molar-refractivity contribution in [2.75, 3.05) is 30.4 Å². The molecule has 0 radical (unpaired) electrons. The third-order valence-corrected chi connectivity index (χ3v) is 5.37. The van der Waals surface area contributed by atoms with Gasteiger partial charge >= 0.3 is 6.03 Å². The Labute approximate surface area is 181 Å². The van der Waals surface area contributed by atoms with E-state index in [1.165, 1.54) is 6.92 Å². The fourth-order valence-corrected chi connectivity index (χ4v) is 3.67. The highest BCUT2D eigenvalue weighted by atomic mass is 16.5. The zero-order chi connectivity index (χ0) is 21.6. The highest BCUT2D eigenvalue weighted by Crippen LogP contribution is 2.25. The lowest BCUT2D eigenvalue weighted by Gasteiger charge is -2.22. The standard InChI is InChI=1S/C24H26N4O3/c1-16(29)27-21-5-2-18(3-6-21)20-12-19-4-7-22(13-23(19)25-15-20)28-24(30)26-14-17-8-10-31-11-9-17/h2-7,12-13,15,17H,8-11,14H2,1H3,(H,27,29)(H2,26,28,30). The minimum atomic E-state index is -0.207. The summed E-state index contributed by atoms with van der Waals surface area (Å²) in [6, 6.07) is 15.2. The van der Waals surface area contributed by atoms with Gasteiger partial charge in [-0.05, 0) is 54.7 Å². The molecular weight excluding hydrogens is 392 g/mol. The third kappa shape index (κ3) is 5.58. The van der Waals surface area contributed by atoms with E-state index < -0.39 is 0 Å². The van der Waals surface area contributed by atoms with Gasteiger partial charge in [0.2, 0.25) is 5.91 Å². The van der Waals surface area contributed by atoms with Crippen molar-refractivity contribution in [2.45, 2.75) is 19.8 Å². The SMILES string of the molecule is CC(=O)Nc1ccc(-c2cnc3cc(NC(=O)NCC4CCOCC4)ccc3c2)cc1. The molecule has 1 aliphatic rings. The Morgan fingerprint density at radius 2 is 1.71 bits per heavy atom. The molecule has 7 nitrogen and oxygen atoms in total. The topological polar surface area (TPSA) is 92.4 Å². The average molecular weight is 418 g/mol. The van der Waals surface area contributed by atoms with Gasteiger partial charge in [-0.1, -0.05) is 18.2 Å². The van der Waals surface area contributed by atoms with Crippen molar-refractivity contribution < 1.29 is 14.3 Å². The number of hydrogen-bond acceptors (Lipinski definition) is 4. The van der Waals surface area contributed by atoms with Crippen molar-refractivity contribution in [1.29, 1.82) is 0 Å². The Kier molecular flexibility index (Phi) is 6.43. The molecule has 4 rings (SSSR count). The van der Waals surface area contributed by atoms with Gasteiger partial charge in [-0.25, -0.2) is 4.79 Å². The Morgan fingerprint density at radius 1 is 0.968 bits per heavy atom. The number of nitrogens with zero attached hydrogens (tertiary/aromatic N) is 1. The van der Waals surface area contributed by atoms with E-state index in [0.717, 1.165) is 53.8 Å². The summed E-state index contributed by atoms with van der Waals surface area (Å²) in [5.41, 5.74) is 4.27. The Hall–Kier alpha value is -3.45. The average Bonchev–Trinajstić information content (AvgIpc) is 2.78. The molecule has 0 saturated carbocycles. The van der Waals surface area contributed by atoms with Crippen molar-refractivity contribution >= 4 is 34.2 Å². The lowest BCUT2D eigenvalue weighted by atomic mass is 10.0. The number of urea groups is 1. The lowest BCUT2D eigenvalue weighted by Crippen LogP contribution is -2.35. The highest BCUT2D eigenvalue weighted by molar-refractivity contribution is 5.93. The van der Waals surface area contributed by atoms with Gasteiger partial charge < -0.3 is 20.7 Å². The van der Waals surface area contributed by atoms with Gasteiger partial charge in [0.25, 0.3) is 0 Å². The van der Waals surface area contributed by atoms with E-state index in [-0.39, 0.29) is 11.9 Å². The van der Waals surface area contributed by atoms with E-state index in [9.17, 15) is 9.59 Å². The second-order valence-electron chi connectivity index (χ2n) is 7.78. The molecule has 0 spiro atoms. The highest BCUT2D eigenvalue weighted by Gasteiger charge is 2.14. The molecular formula is C24H26N4O3. The number of anilines is 2. The fraction of sp³-hybridized carbons (Fsp3) is 0.292. The van der Waals surface area contributed by atoms with Crippen LogP contribution in [-0.4, -0.2) is 36.7 Å². The van der Waals surface area contributed by atoms with Crippen LogP contribution < -0.4 is 16.0 Å². The van der Waals surface area contributed by atoms with Crippen molar-refractivity contribution in [2.24, 2.45) is 5.92 Å². The number of rotatable bonds is 5. The molecule has 3 N–H and O–H groups in total. The molecule has 1 fully saturated rings. The van der Waals surface area contributed by atoms with Crippen LogP contribution in [0.1, 0.15) is 19.8 Å². The van der Waals surface area contributed by atoms with E-state index in [1.54, 1.807) is 0 Å². The van der Waals surface area contributed by atoms with E-state index in [0.29, 0.717) is 18.2 Å². The molecule has 2 aromatic carbocycles. The fourth-order valence-electron chi connectivity index (χ4n) is 3.67. The Balaban J connectivity index is 1.40. The number of aromatic nitrogens is 1. The van der Waals surface area contributed by atoms with Crippen molar-refractivity contribution in [1.82, 2.24) is 10.3 Å². The molecule has 7 heteroatoms. The minimum absolute atomic E-state index is 0.0956. The number of nitrogens with one attached hydrogen (secondary N) is 3. The maximum atomic E-state index is 12.2. The number of hydrogen-bond donors (Lipinski definition) is 3. The normalized spacial score (nSPS) is 14.2. The zero-order valence-corrected chi connectivity index (χ0v) is 17.5. The molecule has 1 aromatic heterocycles. The molecule has 160 valence electrons. The van der Waals surface area contributed by atoms with Gasteiger partial charge in [0.15, 0.2) is 0 Å². The minimum Gasteiger partial charge on any atom is -0.381 e. The summed E-state index contributed by atoms with van der Waals surface area (Å²) >= 11 is 0. The largest absolute Gasteiger partial charge is 0.381 e.